The summed E-state index contributed by atoms with van der Waals surface area (Å²) in [5.74, 6) is 0.859. The Morgan fingerprint density at radius 1 is 1.00 bits per heavy atom. The second kappa shape index (κ2) is 5.63. The average Bonchev–Trinajstić information content (AvgIpc) is 2.38. The summed E-state index contributed by atoms with van der Waals surface area (Å²) in [4.78, 5) is 8.34. The summed E-state index contributed by atoms with van der Waals surface area (Å²) in [5.41, 5.74) is 8.12. The second-order valence-electron chi connectivity index (χ2n) is 3.29. The lowest BCUT2D eigenvalue weighted by atomic mass is 10.1. The van der Waals surface area contributed by atoms with Crippen LogP contribution >= 0.6 is 11.8 Å². The molecule has 0 atom stereocenters. The molecule has 0 aliphatic rings. The van der Waals surface area contributed by atoms with E-state index < -0.39 is 0 Å². The standard InChI is InChI=1S/C12H13N3S/c13-8-10-4-1-2-5-11(10)9-16-12-14-6-3-7-15-12/h1-7H,8-9,13H2. The van der Waals surface area contributed by atoms with Gasteiger partial charge in [0.15, 0.2) is 5.16 Å². The molecule has 2 rings (SSSR count). The monoisotopic (exact) mass is 231 g/mol. The molecular formula is C12H13N3S. The van der Waals surface area contributed by atoms with E-state index in [-0.39, 0.29) is 0 Å². The highest BCUT2D eigenvalue weighted by Crippen LogP contribution is 2.20. The Balaban J connectivity index is 2.05. The van der Waals surface area contributed by atoms with Gasteiger partial charge in [-0.2, -0.15) is 0 Å². The number of nitrogens with two attached hydrogens (primary N) is 1. The van der Waals surface area contributed by atoms with Crippen molar-refractivity contribution in [3.63, 3.8) is 0 Å². The Hall–Kier alpha value is -1.39. The summed E-state index contributed by atoms with van der Waals surface area (Å²) in [6, 6.07) is 10.0. The average molecular weight is 231 g/mol. The number of nitrogens with zero attached hydrogens (tertiary/aromatic N) is 2. The van der Waals surface area contributed by atoms with Crippen LogP contribution in [0.15, 0.2) is 47.9 Å². The van der Waals surface area contributed by atoms with Crippen LogP contribution in [-0.4, -0.2) is 9.97 Å². The molecule has 0 aliphatic heterocycles. The van der Waals surface area contributed by atoms with Crippen LogP contribution in [0, 0.1) is 0 Å². The summed E-state index contributed by atoms with van der Waals surface area (Å²) in [6.07, 6.45) is 3.51. The molecule has 0 radical (unpaired) electrons. The van der Waals surface area contributed by atoms with Crippen molar-refractivity contribution >= 4 is 11.8 Å². The molecule has 0 bridgehead atoms. The first kappa shape index (κ1) is 11.1. The molecular weight excluding hydrogens is 218 g/mol. The van der Waals surface area contributed by atoms with Crippen LogP contribution in [-0.2, 0) is 12.3 Å². The molecule has 2 N–H and O–H groups in total. The first-order valence-electron chi connectivity index (χ1n) is 5.07. The lowest BCUT2D eigenvalue weighted by Gasteiger charge is -2.05. The van der Waals surface area contributed by atoms with Gasteiger partial charge >= 0.3 is 0 Å². The molecule has 0 unspecified atom stereocenters. The van der Waals surface area contributed by atoms with Gasteiger partial charge < -0.3 is 5.73 Å². The van der Waals surface area contributed by atoms with Crippen LogP contribution in [0.5, 0.6) is 0 Å². The molecule has 4 heteroatoms. The fourth-order valence-electron chi connectivity index (χ4n) is 1.40. The first-order valence-corrected chi connectivity index (χ1v) is 6.05. The Bertz CT molecular complexity index is 445. The third-order valence-corrected chi connectivity index (χ3v) is 3.16. The van der Waals surface area contributed by atoms with Gasteiger partial charge in [-0.05, 0) is 17.2 Å². The molecule has 2 aromatic rings. The van der Waals surface area contributed by atoms with Crippen molar-refractivity contribution < 1.29 is 0 Å². The molecule has 0 aliphatic carbocycles. The summed E-state index contributed by atoms with van der Waals surface area (Å²) in [6.45, 7) is 0.576. The molecule has 1 aromatic carbocycles. The zero-order chi connectivity index (χ0) is 11.2. The Morgan fingerprint density at radius 2 is 1.69 bits per heavy atom. The molecule has 1 heterocycles. The fraction of sp³-hybridized carbons (Fsp3) is 0.167. The first-order chi connectivity index (χ1) is 7.90. The van der Waals surface area contributed by atoms with Gasteiger partial charge in [0.05, 0.1) is 0 Å². The van der Waals surface area contributed by atoms with E-state index in [2.05, 4.69) is 22.1 Å². The Labute approximate surface area is 99.1 Å². The number of aromatic nitrogens is 2. The molecule has 82 valence electrons. The quantitative estimate of drug-likeness (QED) is 0.647. The molecule has 3 nitrogen and oxygen atoms in total. The highest BCUT2D eigenvalue weighted by molar-refractivity contribution is 7.98. The number of hydrogen-bond acceptors (Lipinski definition) is 4. The van der Waals surface area contributed by atoms with Gasteiger partial charge in [-0.15, -0.1) is 0 Å². The Morgan fingerprint density at radius 3 is 2.38 bits per heavy atom. The molecule has 0 spiro atoms. The van der Waals surface area contributed by atoms with E-state index in [1.54, 1.807) is 24.2 Å². The third kappa shape index (κ3) is 2.81. The van der Waals surface area contributed by atoms with Gasteiger partial charge in [0.2, 0.25) is 0 Å². The normalized spacial score (nSPS) is 10.3. The van der Waals surface area contributed by atoms with E-state index in [9.17, 15) is 0 Å². The predicted octanol–water partition coefficient (Wildman–Crippen LogP) is 2.23. The zero-order valence-electron chi connectivity index (χ0n) is 8.84. The lowest BCUT2D eigenvalue weighted by Crippen LogP contribution is -2.00. The van der Waals surface area contributed by atoms with Crippen LogP contribution in [0.3, 0.4) is 0 Å². The topological polar surface area (TPSA) is 51.8 Å². The second-order valence-corrected chi connectivity index (χ2v) is 4.24. The van der Waals surface area contributed by atoms with Crippen molar-refractivity contribution in [2.45, 2.75) is 17.5 Å². The smallest absolute Gasteiger partial charge is 0.187 e. The minimum Gasteiger partial charge on any atom is -0.326 e. The molecule has 0 saturated carbocycles. The maximum absolute atomic E-state index is 5.68. The van der Waals surface area contributed by atoms with Crippen molar-refractivity contribution in [2.24, 2.45) is 5.73 Å². The fourth-order valence-corrected chi connectivity index (χ4v) is 2.24. The molecule has 0 fully saturated rings. The summed E-state index contributed by atoms with van der Waals surface area (Å²) >= 11 is 1.63. The van der Waals surface area contributed by atoms with Crippen LogP contribution in [0.25, 0.3) is 0 Å². The maximum atomic E-state index is 5.68. The van der Waals surface area contributed by atoms with Crippen molar-refractivity contribution in [1.29, 1.82) is 0 Å². The van der Waals surface area contributed by atoms with Crippen LogP contribution < -0.4 is 5.73 Å². The van der Waals surface area contributed by atoms with Gasteiger partial charge in [0.25, 0.3) is 0 Å². The van der Waals surface area contributed by atoms with Crippen LogP contribution in [0.2, 0.25) is 0 Å². The minimum atomic E-state index is 0.576. The molecule has 0 amide bonds. The predicted molar refractivity (Wildman–Crippen MR) is 65.9 cm³/mol. The van der Waals surface area contributed by atoms with Crippen molar-refractivity contribution in [1.82, 2.24) is 9.97 Å². The van der Waals surface area contributed by atoms with E-state index in [0.717, 1.165) is 10.9 Å². The third-order valence-electron chi connectivity index (χ3n) is 2.24. The van der Waals surface area contributed by atoms with Crippen LogP contribution in [0.4, 0.5) is 0 Å². The van der Waals surface area contributed by atoms with Crippen molar-refractivity contribution in [3.8, 4) is 0 Å². The van der Waals surface area contributed by atoms with Gasteiger partial charge in [0.1, 0.15) is 0 Å². The molecule has 16 heavy (non-hydrogen) atoms. The largest absolute Gasteiger partial charge is 0.326 e. The highest BCUT2D eigenvalue weighted by atomic mass is 32.2. The minimum absolute atomic E-state index is 0.576. The van der Waals surface area contributed by atoms with E-state index in [0.29, 0.717) is 6.54 Å². The summed E-state index contributed by atoms with van der Waals surface area (Å²) in [5, 5.41) is 0.800. The van der Waals surface area contributed by atoms with E-state index in [1.807, 2.05) is 18.2 Å². The van der Waals surface area contributed by atoms with Gasteiger partial charge in [-0.1, -0.05) is 36.0 Å². The number of benzene rings is 1. The van der Waals surface area contributed by atoms with E-state index in [4.69, 9.17) is 5.73 Å². The number of rotatable bonds is 4. The number of thioether (sulfide) groups is 1. The lowest BCUT2D eigenvalue weighted by molar-refractivity contribution is 0.964. The number of hydrogen-bond donors (Lipinski definition) is 1. The van der Waals surface area contributed by atoms with Crippen LogP contribution in [0.1, 0.15) is 11.1 Å². The van der Waals surface area contributed by atoms with Crippen molar-refractivity contribution in [2.75, 3.05) is 0 Å². The van der Waals surface area contributed by atoms with Gasteiger partial charge in [0, 0.05) is 24.7 Å². The zero-order valence-corrected chi connectivity index (χ0v) is 9.65. The maximum Gasteiger partial charge on any atom is 0.187 e. The highest BCUT2D eigenvalue weighted by Gasteiger charge is 2.02. The SMILES string of the molecule is NCc1ccccc1CSc1ncccn1. The van der Waals surface area contributed by atoms with E-state index >= 15 is 0 Å². The van der Waals surface area contributed by atoms with E-state index in [1.165, 1.54) is 11.1 Å². The molecule has 0 saturated heterocycles. The Kier molecular flexibility index (Phi) is 3.91. The summed E-state index contributed by atoms with van der Waals surface area (Å²) in [7, 11) is 0. The van der Waals surface area contributed by atoms with Gasteiger partial charge in [-0.3, -0.25) is 0 Å². The molecule has 1 aromatic heterocycles. The van der Waals surface area contributed by atoms with Crippen molar-refractivity contribution in [3.05, 3.63) is 53.9 Å². The summed E-state index contributed by atoms with van der Waals surface area (Å²) < 4.78 is 0. The van der Waals surface area contributed by atoms with Gasteiger partial charge in [-0.25, -0.2) is 9.97 Å².